The zero-order chi connectivity index (χ0) is 13.3. The van der Waals surface area contributed by atoms with Gasteiger partial charge < -0.3 is 14.6 Å². The monoisotopic (exact) mass is 282 g/mol. The van der Waals surface area contributed by atoms with Crippen LogP contribution in [0.2, 0.25) is 5.02 Å². The molecule has 1 saturated heterocycles. The topological polar surface area (TPSA) is 38.7 Å². The van der Waals surface area contributed by atoms with Gasteiger partial charge in [0.2, 0.25) is 0 Å². The number of halogens is 1. The second kappa shape index (κ2) is 5.41. The molecule has 3 nitrogen and oxygen atoms in total. The summed E-state index contributed by atoms with van der Waals surface area (Å²) in [7, 11) is 0. The maximum Gasteiger partial charge on any atom is 0.169 e. The molecule has 2 fully saturated rings. The highest BCUT2D eigenvalue weighted by Gasteiger charge is 2.48. The van der Waals surface area contributed by atoms with Gasteiger partial charge in [0, 0.05) is 17.9 Å². The first-order valence-corrected chi connectivity index (χ1v) is 7.32. The van der Waals surface area contributed by atoms with Crippen LogP contribution < -0.4 is 0 Å². The molecule has 0 bridgehead atoms. The van der Waals surface area contributed by atoms with Gasteiger partial charge >= 0.3 is 0 Å². The van der Waals surface area contributed by atoms with Gasteiger partial charge in [-0.3, -0.25) is 0 Å². The van der Waals surface area contributed by atoms with Crippen molar-refractivity contribution in [1.82, 2.24) is 0 Å². The van der Waals surface area contributed by atoms with Gasteiger partial charge in [-0.1, -0.05) is 30.2 Å². The highest BCUT2D eigenvalue weighted by atomic mass is 35.5. The van der Waals surface area contributed by atoms with E-state index >= 15 is 0 Å². The average molecular weight is 283 g/mol. The summed E-state index contributed by atoms with van der Waals surface area (Å²) >= 11 is 5.91. The fraction of sp³-hybridized carbons (Fsp3) is 0.600. The first-order chi connectivity index (χ1) is 9.22. The molecule has 4 heteroatoms. The zero-order valence-electron chi connectivity index (χ0n) is 10.8. The van der Waals surface area contributed by atoms with Crippen LogP contribution in [0.3, 0.4) is 0 Å². The molecule has 0 unspecified atom stereocenters. The molecule has 19 heavy (non-hydrogen) atoms. The van der Waals surface area contributed by atoms with Crippen LogP contribution in [-0.4, -0.2) is 23.6 Å². The molecule has 1 spiro atoms. The van der Waals surface area contributed by atoms with Gasteiger partial charge in [0.15, 0.2) is 5.79 Å². The Bertz CT molecular complexity index is 426. The van der Waals surface area contributed by atoms with Crippen LogP contribution in [0.4, 0.5) is 0 Å². The molecule has 2 aliphatic rings. The number of aliphatic hydroxyl groups excluding tert-OH is 1. The van der Waals surface area contributed by atoms with Crippen molar-refractivity contribution in [3.63, 3.8) is 0 Å². The van der Waals surface area contributed by atoms with Gasteiger partial charge in [-0.2, -0.15) is 0 Å². The van der Waals surface area contributed by atoms with Crippen molar-refractivity contribution in [2.45, 2.75) is 50.1 Å². The molecule has 2 atom stereocenters. The molecule has 0 aromatic heterocycles. The highest BCUT2D eigenvalue weighted by Crippen LogP contribution is 2.45. The lowest BCUT2D eigenvalue weighted by molar-refractivity contribution is -0.196. The third kappa shape index (κ3) is 2.65. The smallest absolute Gasteiger partial charge is 0.169 e. The Balaban J connectivity index is 1.82. The Labute approximate surface area is 118 Å². The van der Waals surface area contributed by atoms with Crippen molar-refractivity contribution >= 4 is 11.6 Å². The lowest BCUT2D eigenvalue weighted by Crippen LogP contribution is -2.33. The van der Waals surface area contributed by atoms with Crippen molar-refractivity contribution in [2.24, 2.45) is 0 Å². The zero-order valence-corrected chi connectivity index (χ0v) is 11.6. The van der Waals surface area contributed by atoms with Crippen LogP contribution in [0.5, 0.6) is 0 Å². The Hall–Kier alpha value is -0.610. The van der Waals surface area contributed by atoms with Gasteiger partial charge in [0.25, 0.3) is 0 Å². The molecule has 1 aliphatic carbocycles. The van der Waals surface area contributed by atoms with E-state index in [2.05, 4.69) is 0 Å². The summed E-state index contributed by atoms with van der Waals surface area (Å²) in [4.78, 5) is 0. The van der Waals surface area contributed by atoms with Gasteiger partial charge in [0.1, 0.15) is 12.2 Å². The molecular weight excluding hydrogens is 264 g/mol. The molecule has 1 aliphatic heterocycles. The minimum absolute atomic E-state index is 0.0188. The maximum absolute atomic E-state index is 9.54. The molecule has 3 rings (SSSR count). The van der Waals surface area contributed by atoms with Crippen LogP contribution in [0, 0.1) is 0 Å². The number of ether oxygens (including phenoxy) is 2. The Morgan fingerprint density at radius 3 is 2.42 bits per heavy atom. The molecule has 1 saturated carbocycles. The summed E-state index contributed by atoms with van der Waals surface area (Å²) < 4.78 is 12.2. The van der Waals surface area contributed by atoms with Gasteiger partial charge in [-0.25, -0.2) is 0 Å². The third-order valence-corrected chi connectivity index (χ3v) is 4.29. The van der Waals surface area contributed by atoms with Gasteiger partial charge in [-0.15, -0.1) is 0 Å². The van der Waals surface area contributed by atoms with E-state index in [1.807, 2.05) is 24.3 Å². The predicted molar refractivity (Wildman–Crippen MR) is 73.1 cm³/mol. The summed E-state index contributed by atoms with van der Waals surface area (Å²) in [5, 5.41) is 10.2. The summed E-state index contributed by atoms with van der Waals surface area (Å²) in [6, 6.07) is 7.59. The van der Waals surface area contributed by atoms with Gasteiger partial charge in [-0.05, 0) is 30.5 Å². The second-order valence-corrected chi connectivity index (χ2v) is 5.84. The fourth-order valence-corrected chi connectivity index (χ4v) is 3.19. The van der Waals surface area contributed by atoms with Crippen LogP contribution in [0.15, 0.2) is 24.3 Å². The van der Waals surface area contributed by atoms with E-state index in [9.17, 15) is 5.11 Å². The first-order valence-electron chi connectivity index (χ1n) is 6.94. The van der Waals surface area contributed by atoms with Crippen LogP contribution in [0.25, 0.3) is 0 Å². The number of benzene rings is 1. The van der Waals surface area contributed by atoms with E-state index in [1.165, 1.54) is 6.42 Å². The highest BCUT2D eigenvalue weighted by molar-refractivity contribution is 6.30. The van der Waals surface area contributed by atoms with E-state index in [1.54, 1.807) is 0 Å². The van der Waals surface area contributed by atoms with Crippen LogP contribution in [-0.2, 0) is 9.47 Å². The first kappa shape index (κ1) is 13.4. The summed E-state index contributed by atoms with van der Waals surface area (Å²) in [6.07, 6.45) is 4.88. The summed E-state index contributed by atoms with van der Waals surface area (Å²) in [5.74, 6) is -0.476. The Morgan fingerprint density at radius 2 is 1.79 bits per heavy atom. The van der Waals surface area contributed by atoms with E-state index in [0.29, 0.717) is 5.02 Å². The second-order valence-electron chi connectivity index (χ2n) is 5.40. The van der Waals surface area contributed by atoms with Crippen molar-refractivity contribution < 1.29 is 14.6 Å². The average Bonchev–Trinajstić information content (AvgIpc) is 2.79. The molecule has 104 valence electrons. The minimum atomic E-state index is -0.476. The van der Waals surface area contributed by atoms with E-state index in [4.69, 9.17) is 21.1 Å². The minimum Gasteiger partial charge on any atom is -0.394 e. The van der Waals surface area contributed by atoms with Crippen LogP contribution >= 0.6 is 11.6 Å². The van der Waals surface area contributed by atoms with Crippen molar-refractivity contribution in [3.05, 3.63) is 34.9 Å². The largest absolute Gasteiger partial charge is 0.394 e. The summed E-state index contributed by atoms with van der Waals surface area (Å²) in [5.41, 5.74) is 1.02. The fourth-order valence-electron chi connectivity index (χ4n) is 3.07. The lowest BCUT2D eigenvalue weighted by Gasteiger charge is -2.31. The standard InChI is InChI=1S/C15H19ClO3/c16-12-6-4-11(5-7-12)14-13(10-17)18-15(19-14)8-2-1-3-9-15/h4-7,13-14,17H,1-3,8-10H2/t13-,14-/m0/s1. The van der Waals surface area contributed by atoms with E-state index in [0.717, 1.165) is 31.2 Å². The Morgan fingerprint density at radius 1 is 1.11 bits per heavy atom. The van der Waals surface area contributed by atoms with Crippen molar-refractivity contribution in [1.29, 1.82) is 0 Å². The molecule has 1 N–H and O–H groups in total. The molecule has 1 heterocycles. The molecule has 0 amide bonds. The van der Waals surface area contributed by atoms with E-state index < -0.39 is 5.79 Å². The lowest BCUT2D eigenvalue weighted by atomic mass is 9.94. The maximum atomic E-state index is 9.54. The number of rotatable bonds is 2. The molecular formula is C15H19ClO3. The van der Waals surface area contributed by atoms with Crippen molar-refractivity contribution in [3.8, 4) is 0 Å². The number of aliphatic hydroxyl groups is 1. The Kier molecular flexibility index (Phi) is 3.81. The quantitative estimate of drug-likeness (QED) is 0.903. The number of hydrogen-bond acceptors (Lipinski definition) is 3. The number of hydrogen-bond donors (Lipinski definition) is 1. The third-order valence-electron chi connectivity index (χ3n) is 4.04. The SMILES string of the molecule is OC[C@@H]1OC2(CCCCC2)O[C@H]1c1ccc(Cl)cc1. The van der Waals surface area contributed by atoms with Crippen molar-refractivity contribution in [2.75, 3.05) is 6.61 Å². The van der Waals surface area contributed by atoms with Crippen LogP contribution in [0.1, 0.15) is 43.8 Å². The molecule has 1 aromatic carbocycles. The molecule has 0 radical (unpaired) electrons. The molecule has 1 aromatic rings. The predicted octanol–water partition coefficient (Wildman–Crippen LogP) is 3.45. The summed E-state index contributed by atoms with van der Waals surface area (Å²) in [6.45, 7) is -0.0188. The van der Waals surface area contributed by atoms with E-state index in [-0.39, 0.29) is 18.8 Å². The van der Waals surface area contributed by atoms with Gasteiger partial charge in [0.05, 0.1) is 6.61 Å². The normalized spacial score (nSPS) is 29.8.